The Morgan fingerprint density at radius 2 is 1.34 bits per heavy atom. The minimum absolute atomic E-state index is 0.183. The van der Waals surface area contributed by atoms with Gasteiger partial charge in [0.05, 0.1) is 13.2 Å². The molecule has 3 nitrogen and oxygen atoms in total. The molecule has 0 N–H and O–H groups in total. The summed E-state index contributed by atoms with van der Waals surface area (Å²) in [4.78, 5) is 4.44. The molecule has 3 heteroatoms. The third kappa shape index (κ3) is 6.92. The number of rotatable bonds is 12. The molecule has 2 aromatic rings. The molecule has 0 saturated carbocycles. The molecule has 0 aliphatic carbocycles. The largest absolute Gasteiger partial charge is 0.494 e. The first kappa shape index (κ1) is 21.4. The number of hydrogen-bond donors (Lipinski definition) is 0. The number of ether oxygens (including phenoxy) is 2. The highest BCUT2D eigenvalue weighted by molar-refractivity contribution is 5.95. The van der Waals surface area contributed by atoms with Crippen LogP contribution in [0.15, 0.2) is 53.5 Å². The van der Waals surface area contributed by atoms with Gasteiger partial charge < -0.3 is 9.47 Å². The summed E-state index contributed by atoms with van der Waals surface area (Å²) >= 11 is 0. The van der Waals surface area contributed by atoms with Crippen LogP contribution in [0.25, 0.3) is 11.1 Å². The van der Waals surface area contributed by atoms with Crippen molar-refractivity contribution in [1.82, 2.24) is 0 Å². The first-order valence-electron chi connectivity index (χ1n) is 11.3. The van der Waals surface area contributed by atoms with Crippen molar-refractivity contribution >= 4 is 5.90 Å². The Morgan fingerprint density at radius 3 is 1.93 bits per heavy atom. The van der Waals surface area contributed by atoms with E-state index in [1.54, 1.807) is 0 Å². The van der Waals surface area contributed by atoms with E-state index in [1.807, 2.05) is 6.92 Å². The first-order valence-corrected chi connectivity index (χ1v) is 11.3. The molecule has 0 fully saturated rings. The van der Waals surface area contributed by atoms with Crippen molar-refractivity contribution in [2.75, 3.05) is 13.2 Å². The van der Waals surface area contributed by atoms with E-state index >= 15 is 0 Å². The summed E-state index contributed by atoms with van der Waals surface area (Å²) in [6.45, 7) is 5.87. The fourth-order valence-corrected chi connectivity index (χ4v) is 3.61. The molecule has 29 heavy (non-hydrogen) atoms. The molecule has 0 aromatic heterocycles. The molecule has 0 amide bonds. The maximum absolute atomic E-state index is 5.91. The lowest BCUT2D eigenvalue weighted by Crippen LogP contribution is -2.08. The highest BCUT2D eigenvalue weighted by Gasteiger charge is 2.16. The lowest BCUT2D eigenvalue weighted by molar-refractivity contribution is 0.246. The summed E-state index contributed by atoms with van der Waals surface area (Å²) in [5, 5.41) is 0. The van der Waals surface area contributed by atoms with Crippen molar-refractivity contribution < 1.29 is 9.47 Å². The van der Waals surface area contributed by atoms with Crippen molar-refractivity contribution in [2.45, 2.75) is 71.3 Å². The summed E-state index contributed by atoms with van der Waals surface area (Å²) in [6, 6.07) is 16.8. The maximum atomic E-state index is 5.91. The standard InChI is InChI=1S/C26H35NO2/c1-3-4-5-6-7-8-9-10-19-28-25-17-15-23(16-18-25)22-11-13-24(14-12-22)26-27-20-21(2)29-26/h11-18,21H,3-10,19-20H2,1-2H3. The zero-order valence-electron chi connectivity index (χ0n) is 18.0. The zero-order chi connectivity index (χ0) is 20.3. The van der Waals surface area contributed by atoms with E-state index in [-0.39, 0.29) is 6.10 Å². The second-order valence-electron chi connectivity index (χ2n) is 8.00. The fourth-order valence-electron chi connectivity index (χ4n) is 3.61. The van der Waals surface area contributed by atoms with E-state index in [1.165, 1.54) is 56.1 Å². The fraction of sp³-hybridized carbons (Fsp3) is 0.500. The number of hydrogen-bond acceptors (Lipinski definition) is 3. The summed E-state index contributed by atoms with van der Waals surface area (Å²) in [5.74, 6) is 1.71. The second-order valence-corrected chi connectivity index (χ2v) is 8.00. The van der Waals surface area contributed by atoms with E-state index in [9.17, 15) is 0 Å². The van der Waals surface area contributed by atoms with Crippen molar-refractivity contribution in [3.8, 4) is 16.9 Å². The Hall–Kier alpha value is -2.29. The van der Waals surface area contributed by atoms with Gasteiger partial charge in [-0.1, -0.05) is 76.1 Å². The zero-order valence-corrected chi connectivity index (χ0v) is 18.0. The van der Waals surface area contributed by atoms with Gasteiger partial charge in [-0.2, -0.15) is 0 Å². The Morgan fingerprint density at radius 1 is 0.793 bits per heavy atom. The minimum Gasteiger partial charge on any atom is -0.494 e. The summed E-state index contributed by atoms with van der Waals surface area (Å²) in [6.07, 6.45) is 10.8. The van der Waals surface area contributed by atoms with Crippen LogP contribution in [-0.4, -0.2) is 25.2 Å². The van der Waals surface area contributed by atoms with E-state index in [0.29, 0.717) is 0 Å². The molecule has 1 unspecified atom stereocenters. The molecular weight excluding hydrogens is 358 g/mol. The molecule has 1 heterocycles. The molecule has 2 aromatic carbocycles. The van der Waals surface area contributed by atoms with E-state index in [2.05, 4.69) is 60.4 Å². The van der Waals surface area contributed by atoms with Crippen LogP contribution in [0.2, 0.25) is 0 Å². The number of unbranched alkanes of at least 4 members (excludes halogenated alkanes) is 7. The number of aliphatic imine (C=N–C) groups is 1. The van der Waals surface area contributed by atoms with E-state index in [0.717, 1.165) is 36.8 Å². The number of benzene rings is 2. The lowest BCUT2D eigenvalue weighted by atomic mass is 10.0. The van der Waals surface area contributed by atoms with Crippen LogP contribution in [-0.2, 0) is 4.74 Å². The molecule has 156 valence electrons. The van der Waals surface area contributed by atoms with Crippen LogP contribution in [0.3, 0.4) is 0 Å². The van der Waals surface area contributed by atoms with E-state index < -0.39 is 0 Å². The maximum Gasteiger partial charge on any atom is 0.216 e. The number of nitrogens with zero attached hydrogens (tertiary/aromatic N) is 1. The summed E-state index contributed by atoms with van der Waals surface area (Å²) < 4.78 is 11.6. The topological polar surface area (TPSA) is 30.8 Å². The highest BCUT2D eigenvalue weighted by Crippen LogP contribution is 2.24. The van der Waals surface area contributed by atoms with Gasteiger partial charge in [0.1, 0.15) is 11.9 Å². The first-order chi connectivity index (χ1) is 14.3. The second kappa shape index (κ2) is 11.6. The minimum atomic E-state index is 0.183. The third-order valence-electron chi connectivity index (χ3n) is 5.39. The van der Waals surface area contributed by atoms with Crippen molar-refractivity contribution in [3.63, 3.8) is 0 Å². The molecule has 0 saturated heterocycles. The van der Waals surface area contributed by atoms with Gasteiger partial charge in [0.25, 0.3) is 0 Å². The van der Waals surface area contributed by atoms with Gasteiger partial charge in [-0.05, 0) is 48.7 Å². The molecule has 0 bridgehead atoms. The van der Waals surface area contributed by atoms with Gasteiger partial charge in [-0.3, -0.25) is 0 Å². The van der Waals surface area contributed by atoms with Crippen LogP contribution in [0.4, 0.5) is 0 Å². The lowest BCUT2D eigenvalue weighted by Gasteiger charge is -2.09. The predicted octanol–water partition coefficient (Wildman–Crippen LogP) is 7.04. The van der Waals surface area contributed by atoms with Gasteiger partial charge >= 0.3 is 0 Å². The quantitative estimate of drug-likeness (QED) is 0.362. The Bertz CT molecular complexity index is 749. The van der Waals surface area contributed by atoms with Gasteiger partial charge in [0.15, 0.2) is 0 Å². The Kier molecular flexibility index (Phi) is 8.60. The third-order valence-corrected chi connectivity index (χ3v) is 5.39. The van der Waals surface area contributed by atoms with Crippen LogP contribution in [0.5, 0.6) is 5.75 Å². The molecular formula is C26H35NO2. The van der Waals surface area contributed by atoms with Crippen molar-refractivity contribution in [3.05, 3.63) is 54.1 Å². The summed E-state index contributed by atoms with van der Waals surface area (Å²) in [7, 11) is 0. The van der Waals surface area contributed by atoms with Gasteiger partial charge in [0, 0.05) is 5.56 Å². The molecule has 1 aliphatic rings. The van der Waals surface area contributed by atoms with Crippen molar-refractivity contribution in [1.29, 1.82) is 0 Å². The average molecular weight is 394 g/mol. The van der Waals surface area contributed by atoms with Crippen LogP contribution >= 0.6 is 0 Å². The predicted molar refractivity (Wildman–Crippen MR) is 122 cm³/mol. The summed E-state index contributed by atoms with van der Waals surface area (Å²) in [5.41, 5.74) is 3.43. The molecule has 1 atom stereocenters. The Labute approximate surface area is 176 Å². The van der Waals surface area contributed by atoms with Gasteiger partial charge in [0.2, 0.25) is 5.90 Å². The van der Waals surface area contributed by atoms with Crippen molar-refractivity contribution in [2.24, 2.45) is 4.99 Å². The monoisotopic (exact) mass is 393 g/mol. The molecule has 0 spiro atoms. The SMILES string of the molecule is CCCCCCCCCCOc1ccc(-c2ccc(C3=NCC(C)O3)cc2)cc1. The normalized spacial score (nSPS) is 15.8. The molecule has 0 radical (unpaired) electrons. The molecule has 1 aliphatic heterocycles. The molecule has 3 rings (SSSR count). The van der Waals surface area contributed by atoms with Gasteiger partial charge in [-0.25, -0.2) is 4.99 Å². The Balaban J connectivity index is 1.39. The van der Waals surface area contributed by atoms with Crippen LogP contribution < -0.4 is 4.74 Å². The van der Waals surface area contributed by atoms with Crippen LogP contribution in [0.1, 0.15) is 70.8 Å². The average Bonchev–Trinajstić information content (AvgIpc) is 3.19. The van der Waals surface area contributed by atoms with Crippen LogP contribution in [0, 0.1) is 0 Å². The van der Waals surface area contributed by atoms with Gasteiger partial charge in [-0.15, -0.1) is 0 Å². The smallest absolute Gasteiger partial charge is 0.216 e. The highest BCUT2D eigenvalue weighted by atomic mass is 16.5. The van der Waals surface area contributed by atoms with E-state index in [4.69, 9.17) is 9.47 Å².